The molecule has 4 rings (SSSR count). The van der Waals surface area contributed by atoms with Gasteiger partial charge in [0.2, 0.25) is 11.8 Å². The number of aliphatic imine (C=N–C) groups is 1. The van der Waals surface area contributed by atoms with E-state index in [1.807, 2.05) is 112 Å². The number of carbonyl (C=O) groups is 2. The molecule has 0 saturated carbocycles. The van der Waals surface area contributed by atoms with Crippen LogP contribution in [0.3, 0.4) is 0 Å². The summed E-state index contributed by atoms with van der Waals surface area (Å²) >= 11 is 0. The van der Waals surface area contributed by atoms with Crippen LogP contribution in [0.25, 0.3) is 0 Å². The summed E-state index contributed by atoms with van der Waals surface area (Å²) in [5, 5.41) is 2.99. The van der Waals surface area contributed by atoms with Gasteiger partial charge < -0.3 is 15.1 Å². The van der Waals surface area contributed by atoms with E-state index in [1.165, 1.54) is 0 Å². The van der Waals surface area contributed by atoms with E-state index in [0.29, 0.717) is 12.3 Å². The predicted molar refractivity (Wildman–Crippen MR) is 143 cm³/mol. The molecule has 1 heterocycles. The summed E-state index contributed by atoms with van der Waals surface area (Å²) < 4.78 is 0. The fourth-order valence-corrected chi connectivity index (χ4v) is 4.21. The van der Waals surface area contributed by atoms with E-state index in [1.54, 1.807) is 0 Å². The molecule has 1 aliphatic heterocycles. The molecular formula is C29H32N4O2. The van der Waals surface area contributed by atoms with Crippen molar-refractivity contribution in [2.75, 3.05) is 37.4 Å². The molecule has 1 N–H and O–H groups in total. The van der Waals surface area contributed by atoms with Gasteiger partial charge in [0.25, 0.3) is 0 Å². The van der Waals surface area contributed by atoms with E-state index in [9.17, 15) is 9.59 Å². The first-order chi connectivity index (χ1) is 16.8. The second-order valence-electron chi connectivity index (χ2n) is 9.34. The fraction of sp³-hybridized carbons (Fsp3) is 0.276. The Morgan fingerprint density at radius 1 is 0.914 bits per heavy atom. The van der Waals surface area contributed by atoms with Gasteiger partial charge in [-0.3, -0.25) is 14.6 Å². The van der Waals surface area contributed by atoms with Crippen molar-refractivity contribution in [3.8, 4) is 0 Å². The molecule has 2 amide bonds. The van der Waals surface area contributed by atoms with Crippen molar-refractivity contribution in [1.29, 1.82) is 0 Å². The SMILES string of the molecule is CC(C)C(=O)N(CCN(C)C)c1ccc(N=C(c2ccccc2)C2C(=O)Nc3ccccc32)cc1. The highest BCUT2D eigenvalue weighted by molar-refractivity contribution is 6.24. The van der Waals surface area contributed by atoms with Gasteiger partial charge in [-0.25, -0.2) is 0 Å². The Labute approximate surface area is 207 Å². The summed E-state index contributed by atoms with van der Waals surface area (Å²) in [6.07, 6.45) is 0. The first kappa shape index (κ1) is 24.4. The molecule has 0 bridgehead atoms. The van der Waals surface area contributed by atoms with Crippen LogP contribution >= 0.6 is 0 Å². The minimum Gasteiger partial charge on any atom is -0.325 e. The number of anilines is 2. The first-order valence-corrected chi connectivity index (χ1v) is 11.9. The number of benzene rings is 3. The topological polar surface area (TPSA) is 65.0 Å². The van der Waals surface area contributed by atoms with Crippen molar-refractivity contribution in [2.24, 2.45) is 10.9 Å². The maximum absolute atomic E-state index is 13.0. The van der Waals surface area contributed by atoms with Crippen LogP contribution in [-0.2, 0) is 9.59 Å². The van der Waals surface area contributed by atoms with Crippen molar-refractivity contribution in [2.45, 2.75) is 19.8 Å². The molecule has 0 saturated heterocycles. The Bertz CT molecular complexity index is 1220. The zero-order valence-corrected chi connectivity index (χ0v) is 20.7. The molecule has 3 aromatic carbocycles. The van der Waals surface area contributed by atoms with E-state index in [-0.39, 0.29) is 17.7 Å². The van der Waals surface area contributed by atoms with Crippen LogP contribution in [0.2, 0.25) is 0 Å². The third kappa shape index (κ3) is 5.49. The second kappa shape index (κ2) is 10.7. The van der Waals surface area contributed by atoms with Crippen LogP contribution in [-0.4, -0.2) is 49.6 Å². The first-order valence-electron chi connectivity index (χ1n) is 11.9. The number of rotatable bonds is 8. The molecule has 1 aliphatic rings. The lowest BCUT2D eigenvalue weighted by Gasteiger charge is -2.26. The monoisotopic (exact) mass is 468 g/mol. The molecule has 180 valence electrons. The summed E-state index contributed by atoms with van der Waals surface area (Å²) in [5.74, 6) is -0.581. The number of hydrogen-bond donors (Lipinski definition) is 1. The molecule has 0 radical (unpaired) electrons. The number of carbonyl (C=O) groups excluding carboxylic acids is 2. The molecule has 0 spiro atoms. The summed E-state index contributed by atoms with van der Waals surface area (Å²) in [6.45, 7) is 5.22. The Balaban J connectivity index is 1.71. The molecule has 6 nitrogen and oxygen atoms in total. The van der Waals surface area contributed by atoms with E-state index >= 15 is 0 Å². The average Bonchev–Trinajstić information content (AvgIpc) is 3.19. The number of nitrogens with zero attached hydrogens (tertiary/aromatic N) is 3. The Morgan fingerprint density at radius 3 is 2.23 bits per heavy atom. The van der Waals surface area contributed by atoms with Crippen LogP contribution in [0.15, 0.2) is 83.9 Å². The zero-order valence-electron chi connectivity index (χ0n) is 20.7. The summed E-state index contributed by atoms with van der Waals surface area (Å²) in [7, 11) is 4.00. The maximum atomic E-state index is 13.0. The highest BCUT2D eigenvalue weighted by Gasteiger charge is 2.35. The molecular weight excluding hydrogens is 436 g/mol. The summed E-state index contributed by atoms with van der Waals surface area (Å²) in [5.41, 5.74) is 4.92. The van der Waals surface area contributed by atoms with Gasteiger partial charge in [0.1, 0.15) is 5.92 Å². The van der Waals surface area contributed by atoms with E-state index in [4.69, 9.17) is 4.99 Å². The molecule has 0 aromatic heterocycles. The minimum absolute atomic E-state index is 0.0807. The summed E-state index contributed by atoms with van der Waals surface area (Å²) in [6, 6.07) is 25.2. The average molecular weight is 469 g/mol. The van der Waals surface area contributed by atoms with Crippen LogP contribution in [0.5, 0.6) is 0 Å². The van der Waals surface area contributed by atoms with Crippen molar-refractivity contribution < 1.29 is 9.59 Å². The number of hydrogen-bond acceptors (Lipinski definition) is 4. The lowest BCUT2D eigenvalue weighted by molar-refractivity contribution is -0.121. The Hall–Kier alpha value is -3.77. The highest BCUT2D eigenvalue weighted by Crippen LogP contribution is 2.36. The highest BCUT2D eigenvalue weighted by atomic mass is 16.2. The standard InChI is InChI=1S/C29H32N4O2/c1-20(2)29(35)33(19-18-32(3)4)23-16-14-22(15-17-23)30-27(21-10-6-5-7-11-21)26-24-12-8-9-13-25(24)31-28(26)34/h5-17,20,26H,18-19H2,1-4H3,(H,31,34). The number of likely N-dealkylation sites (N-methyl/N-ethyl adjacent to an activating group) is 1. The van der Waals surface area contributed by atoms with Gasteiger partial charge in [-0.1, -0.05) is 62.4 Å². The Morgan fingerprint density at radius 2 is 1.57 bits per heavy atom. The molecule has 1 unspecified atom stereocenters. The Kier molecular flexibility index (Phi) is 7.42. The van der Waals surface area contributed by atoms with Crippen LogP contribution in [0.4, 0.5) is 17.1 Å². The van der Waals surface area contributed by atoms with Gasteiger partial charge in [0.15, 0.2) is 0 Å². The van der Waals surface area contributed by atoms with Crippen molar-refractivity contribution in [1.82, 2.24) is 4.90 Å². The van der Waals surface area contributed by atoms with Gasteiger partial charge >= 0.3 is 0 Å². The maximum Gasteiger partial charge on any atom is 0.238 e. The van der Waals surface area contributed by atoms with Gasteiger partial charge in [-0.15, -0.1) is 0 Å². The second-order valence-corrected chi connectivity index (χ2v) is 9.34. The largest absolute Gasteiger partial charge is 0.325 e. The van der Waals surface area contributed by atoms with E-state index < -0.39 is 5.92 Å². The summed E-state index contributed by atoms with van der Waals surface area (Å²) in [4.78, 5) is 34.7. The third-order valence-corrected chi connectivity index (χ3v) is 6.08. The number of amides is 2. The number of nitrogens with one attached hydrogen (secondary N) is 1. The molecule has 3 aromatic rings. The van der Waals surface area contributed by atoms with Crippen molar-refractivity contribution in [3.63, 3.8) is 0 Å². The molecule has 0 fully saturated rings. The molecule has 0 aliphatic carbocycles. The third-order valence-electron chi connectivity index (χ3n) is 6.08. The van der Waals surface area contributed by atoms with Crippen LogP contribution < -0.4 is 10.2 Å². The lowest BCUT2D eigenvalue weighted by atomic mass is 9.90. The van der Waals surface area contributed by atoms with Gasteiger partial charge in [-0.2, -0.15) is 0 Å². The predicted octanol–water partition coefficient (Wildman–Crippen LogP) is 5.09. The van der Waals surface area contributed by atoms with E-state index in [0.717, 1.165) is 34.7 Å². The number of para-hydroxylation sites is 1. The van der Waals surface area contributed by atoms with Gasteiger partial charge in [0, 0.05) is 30.4 Å². The molecule has 6 heteroatoms. The minimum atomic E-state index is -0.493. The van der Waals surface area contributed by atoms with Crippen molar-refractivity contribution in [3.05, 3.63) is 90.0 Å². The van der Waals surface area contributed by atoms with Gasteiger partial charge in [-0.05, 0) is 55.6 Å². The fourth-order valence-electron chi connectivity index (χ4n) is 4.21. The van der Waals surface area contributed by atoms with Crippen LogP contribution in [0.1, 0.15) is 30.9 Å². The smallest absolute Gasteiger partial charge is 0.238 e. The zero-order chi connectivity index (χ0) is 24.9. The van der Waals surface area contributed by atoms with Gasteiger partial charge in [0.05, 0.1) is 11.4 Å². The normalized spacial score (nSPS) is 15.3. The number of fused-ring (bicyclic) bond motifs is 1. The van der Waals surface area contributed by atoms with E-state index in [2.05, 4.69) is 10.2 Å². The lowest BCUT2D eigenvalue weighted by Crippen LogP contribution is -2.39. The van der Waals surface area contributed by atoms with Crippen LogP contribution in [0, 0.1) is 5.92 Å². The molecule has 35 heavy (non-hydrogen) atoms. The van der Waals surface area contributed by atoms with Crippen molar-refractivity contribution >= 4 is 34.6 Å². The quantitative estimate of drug-likeness (QED) is 0.468. The molecule has 1 atom stereocenters.